The summed E-state index contributed by atoms with van der Waals surface area (Å²) in [6, 6.07) is 46.2. The third kappa shape index (κ3) is 2.75. The van der Waals surface area contributed by atoms with Crippen molar-refractivity contribution in [3.05, 3.63) is 127 Å². The maximum atomic E-state index is 5.22. The molecule has 0 aliphatic heterocycles. The van der Waals surface area contributed by atoms with Crippen molar-refractivity contribution in [2.45, 2.75) is 0 Å². The molecular weight excluding hydrogens is 518 g/mol. The van der Waals surface area contributed by atoms with Gasteiger partial charge in [0.25, 0.3) is 0 Å². The van der Waals surface area contributed by atoms with E-state index >= 15 is 0 Å². The topological polar surface area (TPSA) is 22.2 Å². The highest BCUT2D eigenvalue weighted by Gasteiger charge is 2.21. The molecule has 3 nitrogen and oxygen atoms in total. The number of benzene rings is 6. The van der Waals surface area contributed by atoms with Gasteiger partial charge in [-0.15, -0.1) is 11.3 Å². The van der Waals surface area contributed by atoms with Gasteiger partial charge in [0.2, 0.25) is 0 Å². The lowest BCUT2D eigenvalue weighted by Crippen LogP contribution is -1.95. The van der Waals surface area contributed by atoms with E-state index in [1.54, 1.807) is 0 Å². The van der Waals surface area contributed by atoms with Gasteiger partial charge >= 0.3 is 0 Å². The molecule has 0 bridgehead atoms. The summed E-state index contributed by atoms with van der Waals surface area (Å²) in [6.45, 7) is 0. The van der Waals surface area contributed by atoms with Crippen molar-refractivity contribution in [2.75, 3.05) is 0 Å². The number of hydrogen-bond donors (Lipinski definition) is 0. The summed E-state index contributed by atoms with van der Waals surface area (Å²) in [4.78, 5) is 5.22. The normalized spacial score (nSPS) is 12.4. The number of aromatic nitrogens is 3. The van der Waals surface area contributed by atoms with Crippen LogP contribution in [0.5, 0.6) is 0 Å². The number of hydrogen-bond acceptors (Lipinski definition) is 2. The Hall–Kier alpha value is -5.19. The van der Waals surface area contributed by atoms with Crippen LogP contribution in [0.4, 0.5) is 0 Å². The molecular formula is C37H21N3S. The lowest BCUT2D eigenvalue weighted by atomic mass is 9.99. The molecule has 0 saturated carbocycles. The number of nitrogens with zero attached hydrogens (tertiary/aromatic N) is 3. The number of para-hydroxylation sites is 4. The van der Waals surface area contributed by atoms with Crippen LogP contribution in [0.2, 0.25) is 0 Å². The number of pyridine rings is 1. The predicted octanol–water partition coefficient (Wildman–Crippen LogP) is 10.3. The molecule has 0 aliphatic rings. The van der Waals surface area contributed by atoms with Crippen molar-refractivity contribution < 1.29 is 0 Å². The Labute approximate surface area is 238 Å². The van der Waals surface area contributed by atoms with Gasteiger partial charge in [-0.1, -0.05) is 66.7 Å². The average Bonchev–Trinajstić information content (AvgIpc) is 3.70. The van der Waals surface area contributed by atoms with E-state index in [1.165, 1.54) is 69.3 Å². The van der Waals surface area contributed by atoms with Crippen LogP contribution in [0.15, 0.2) is 127 Å². The molecule has 0 amide bonds. The highest BCUT2D eigenvalue weighted by molar-refractivity contribution is 7.26. The summed E-state index contributed by atoms with van der Waals surface area (Å²) in [6.07, 6.45) is 0. The van der Waals surface area contributed by atoms with Crippen molar-refractivity contribution >= 4 is 91.7 Å². The molecule has 0 aliphatic carbocycles. The molecule has 10 aromatic rings. The first-order valence-electron chi connectivity index (χ1n) is 13.9. The summed E-state index contributed by atoms with van der Waals surface area (Å²) in [5, 5.41) is 8.85. The first-order chi connectivity index (χ1) is 20.3. The first-order valence-corrected chi connectivity index (χ1v) is 14.7. The van der Waals surface area contributed by atoms with Crippen molar-refractivity contribution in [3.63, 3.8) is 0 Å². The monoisotopic (exact) mass is 539 g/mol. The van der Waals surface area contributed by atoms with Crippen LogP contribution < -0.4 is 0 Å². The molecule has 0 unspecified atom stereocenters. The molecule has 0 atom stereocenters. The maximum absolute atomic E-state index is 5.22. The van der Waals surface area contributed by atoms with Gasteiger partial charge in [-0.3, -0.25) is 4.40 Å². The first kappa shape index (κ1) is 21.6. The lowest BCUT2D eigenvalue weighted by molar-refractivity contribution is 1.18. The molecule has 0 fully saturated rings. The molecule has 4 heterocycles. The average molecular weight is 540 g/mol. The molecule has 0 spiro atoms. The number of rotatable bonds is 1. The zero-order chi connectivity index (χ0) is 26.7. The molecule has 6 aromatic carbocycles. The minimum Gasteiger partial charge on any atom is -0.309 e. The quantitative estimate of drug-likeness (QED) is 0.190. The summed E-state index contributed by atoms with van der Waals surface area (Å²) in [5.41, 5.74) is 7.95. The SMILES string of the molecule is c1ccc(-n2c3ccccc3c3cc4c(cc32)c2c(ccc3sc5ccccc5c32)c2nc3ccccc3n42)cc1. The van der Waals surface area contributed by atoms with E-state index in [0.29, 0.717) is 0 Å². The van der Waals surface area contributed by atoms with E-state index in [1.807, 2.05) is 11.3 Å². The van der Waals surface area contributed by atoms with Crippen LogP contribution in [0.1, 0.15) is 0 Å². The van der Waals surface area contributed by atoms with E-state index in [9.17, 15) is 0 Å². The fourth-order valence-electron chi connectivity index (χ4n) is 6.98. The van der Waals surface area contributed by atoms with Gasteiger partial charge in [0.1, 0.15) is 5.65 Å². The lowest BCUT2D eigenvalue weighted by Gasteiger charge is -2.13. The van der Waals surface area contributed by atoms with Gasteiger partial charge in [-0.05, 0) is 60.7 Å². The van der Waals surface area contributed by atoms with E-state index in [4.69, 9.17) is 4.98 Å². The van der Waals surface area contributed by atoms with Crippen molar-refractivity contribution in [1.29, 1.82) is 0 Å². The Morgan fingerprint density at radius 3 is 2.10 bits per heavy atom. The van der Waals surface area contributed by atoms with Crippen LogP contribution in [0.25, 0.3) is 86.0 Å². The van der Waals surface area contributed by atoms with Crippen molar-refractivity contribution in [1.82, 2.24) is 14.0 Å². The Morgan fingerprint density at radius 2 is 1.20 bits per heavy atom. The van der Waals surface area contributed by atoms with E-state index < -0.39 is 0 Å². The summed E-state index contributed by atoms with van der Waals surface area (Å²) in [7, 11) is 0. The van der Waals surface area contributed by atoms with Crippen molar-refractivity contribution in [3.8, 4) is 5.69 Å². The molecule has 10 rings (SSSR count). The second kappa shape index (κ2) is 7.72. The number of fused-ring (bicyclic) bond motifs is 15. The van der Waals surface area contributed by atoms with Crippen LogP contribution in [0.3, 0.4) is 0 Å². The van der Waals surface area contributed by atoms with Gasteiger partial charge in [0, 0.05) is 52.8 Å². The largest absolute Gasteiger partial charge is 0.309 e. The summed E-state index contributed by atoms with van der Waals surface area (Å²) >= 11 is 1.87. The second-order valence-electron chi connectivity index (χ2n) is 10.8. The Bertz CT molecular complexity index is 2690. The van der Waals surface area contributed by atoms with Crippen LogP contribution in [-0.2, 0) is 0 Å². The third-order valence-electron chi connectivity index (χ3n) is 8.66. The zero-order valence-electron chi connectivity index (χ0n) is 21.9. The van der Waals surface area contributed by atoms with Gasteiger partial charge < -0.3 is 4.57 Å². The van der Waals surface area contributed by atoms with Crippen LogP contribution in [-0.4, -0.2) is 14.0 Å². The minimum absolute atomic E-state index is 1.01. The highest BCUT2D eigenvalue weighted by Crippen LogP contribution is 2.45. The fourth-order valence-corrected chi connectivity index (χ4v) is 8.09. The fraction of sp³-hybridized carbons (Fsp3) is 0. The second-order valence-corrected chi connectivity index (χ2v) is 11.9. The molecule has 41 heavy (non-hydrogen) atoms. The smallest absolute Gasteiger partial charge is 0.146 e. The summed E-state index contributed by atoms with van der Waals surface area (Å²) < 4.78 is 7.42. The molecule has 0 N–H and O–H groups in total. The minimum atomic E-state index is 1.01. The van der Waals surface area contributed by atoms with E-state index in [-0.39, 0.29) is 0 Å². The van der Waals surface area contributed by atoms with Crippen LogP contribution >= 0.6 is 11.3 Å². The highest BCUT2D eigenvalue weighted by atomic mass is 32.1. The number of imidazole rings is 1. The Kier molecular flexibility index (Phi) is 4.07. The molecule has 0 saturated heterocycles. The molecule has 190 valence electrons. The number of thiophene rings is 1. The maximum Gasteiger partial charge on any atom is 0.146 e. The standard InChI is InChI=1S/C37H21N3S/c1-2-10-22(11-3-1)39-29-15-7-4-12-23(29)26-20-32-27(21-31(26)39)35-25(37-38-28-14-6-8-16-30(28)40(32)37)18-19-34-36(35)24-13-5-9-17-33(24)41-34/h1-21H. The Morgan fingerprint density at radius 1 is 0.463 bits per heavy atom. The van der Waals surface area contributed by atoms with E-state index in [2.05, 4.69) is 136 Å². The van der Waals surface area contributed by atoms with Gasteiger partial charge in [0.15, 0.2) is 0 Å². The molecule has 0 radical (unpaired) electrons. The van der Waals surface area contributed by atoms with E-state index in [0.717, 1.165) is 16.7 Å². The predicted molar refractivity (Wildman–Crippen MR) is 175 cm³/mol. The van der Waals surface area contributed by atoms with Gasteiger partial charge in [0.05, 0.1) is 27.6 Å². The molecule has 4 heteroatoms. The Balaban J connectivity index is 1.54. The zero-order valence-corrected chi connectivity index (χ0v) is 22.7. The summed E-state index contributed by atoms with van der Waals surface area (Å²) in [5.74, 6) is 0. The van der Waals surface area contributed by atoms with Crippen molar-refractivity contribution in [2.24, 2.45) is 0 Å². The van der Waals surface area contributed by atoms with Crippen LogP contribution in [0, 0.1) is 0 Å². The van der Waals surface area contributed by atoms with Gasteiger partial charge in [-0.25, -0.2) is 4.98 Å². The molecule has 4 aromatic heterocycles. The van der Waals surface area contributed by atoms with Gasteiger partial charge in [-0.2, -0.15) is 0 Å². The third-order valence-corrected chi connectivity index (χ3v) is 9.80.